The van der Waals surface area contributed by atoms with E-state index in [1.54, 1.807) is 0 Å². The molecule has 0 aromatic rings. The van der Waals surface area contributed by atoms with Crippen LogP contribution in [0.15, 0.2) is 0 Å². The topological polar surface area (TPSA) is 66.5 Å². The minimum absolute atomic E-state index is 0.0874. The highest BCUT2D eigenvalue weighted by atomic mass is 16.2. The van der Waals surface area contributed by atoms with Gasteiger partial charge in [0.25, 0.3) is 0 Å². The normalized spacial score (nSPS) is 24.2. The van der Waals surface area contributed by atoms with Gasteiger partial charge in [-0.25, -0.2) is 0 Å². The molecule has 0 bridgehead atoms. The molecule has 1 radical (unpaired) electrons. The molecule has 2 rings (SSSR count). The Hall–Kier alpha value is -1.23. The fraction of sp³-hybridized carbons (Fsp3) is 0.875. The van der Waals surface area contributed by atoms with Gasteiger partial charge in [0.1, 0.15) is 0 Å². The summed E-state index contributed by atoms with van der Waals surface area (Å²) in [5.74, 6) is -0.192. The summed E-state index contributed by atoms with van der Waals surface area (Å²) >= 11 is 0. The molecule has 2 fully saturated rings. The molecule has 2 aliphatic rings. The van der Waals surface area contributed by atoms with E-state index < -0.39 is 5.54 Å². The van der Waals surface area contributed by atoms with Crippen molar-refractivity contribution in [1.29, 1.82) is 0 Å². The number of carbonyl (C=O) groups is 2. The van der Waals surface area contributed by atoms with Gasteiger partial charge in [0.15, 0.2) is 11.3 Å². The van der Waals surface area contributed by atoms with E-state index in [1.165, 1.54) is 56.3 Å². The number of hydrogen-bond donors (Lipinski definition) is 1. The summed E-state index contributed by atoms with van der Waals surface area (Å²) in [7, 11) is 0. The molecule has 2 saturated heterocycles. The van der Waals surface area contributed by atoms with Gasteiger partial charge in [-0.3, -0.25) is 14.4 Å². The summed E-state index contributed by atoms with van der Waals surface area (Å²) in [5, 5.41) is 3.19. The highest BCUT2D eigenvalue weighted by Crippen LogP contribution is 2.32. The molecule has 2 heterocycles. The Morgan fingerprint density at radius 2 is 1.59 bits per heavy atom. The summed E-state index contributed by atoms with van der Waals surface area (Å²) in [6, 6.07) is -0.240. The van der Waals surface area contributed by atoms with Crippen LogP contribution in [0.5, 0.6) is 0 Å². The number of likely N-dealkylation sites (tertiary alicyclic amines) is 1. The van der Waals surface area contributed by atoms with Crippen molar-refractivity contribution >= 4 is 18.0 Å². The third kappa shape index (κ3) is 6.91. The molecule has 0 aromatic heterocycles. The molecule has 0 unspecified atom stereocenters. The van der Waals surface area contributed by atoms with Crippen molar-refractivity contribution in [3.8, 4) is 0 Å². The van der Waals surface area contributed by atoms with Gasteiger partial charge in [0.05, 0.1) is 6.04 Å². The number of rotatable bonds is 15. The Balaban J connectivity index is 1.66. The van der Waals surface area contributed by atoms with Crippen molar-refractivity contribution in [2.24, 2.45) is 0 Å². The van der Waals surface area contributed by atoms with Crippen LogP contribution in [0.25, 0.3) is 0 Å². The molecule has 5 nitrogen and oxygen atoms in total. The minimum Gasteiger partial charge on any atom is -0.321 e. The number of carbonyl (C=O) groups excluding carboxylic acids is 3. The second-order valence-electron chi connectivity index (χ2n) is 8.91. The van der Waals surface area contributed by atoms with Crippen LogP contribution >= 0.6 is 0 Å². The number of hydrogen-bond acceptors (Lipinski definition) is 4. The lowest BCUT2D eigenvalue weighted by Gasteiger charge is -2.33. The fourth-order valence-corrected chi connectivity index (χ4v) is 4.81. The molecule has 2 aliphatic heterocycles. The first-order chi connectivity index (χ1) is 14.2. The number of nitrogens with zero attached hydrogens (tertiary/aromatic N) is 1. The van der Waals surface area contributed by atoms with E-state index in [2.05, 4.69) is 12.2 Å². The highest BCUT2D eigenvalue weighted by molar-refractivity contribution is 6.07. The maximum atomic E-state index is 12.9. The van der Waals surface area contributed by atoms with Crippen LogP contribution in [-0.2, 0) is 14.4 Å². The van der Waals surface area contributed by atoms with Crippen molar-refractivity contribution in [3.63, 3.8) is 0 Å². The van der Waals surface area contributed by atoms with Crippen molar-refractivity contribution in [3.05, 3.63) is 0 Å². The van der Waals surface area contributed by atoms with E-state index in [0.29, 0.717) is 25.8 Å². The summed E-state index contributed by atoms with van der Waals surface area (Å²) in [5.41, 5.74) is -1.32. The Labute approximate surface area is 177 Å². The molecule has 5 heteroatoms. The van der Waals surface area contributed by atoms with Crippen molar-refractivity contribution in [1.82, 2.24) is 10.2 Å². The van der Waals surface area contributed by atoms with Crippen LogP contribution in [0.2, 0.25) is 0 Å². The van der Waals surface area contributed by atoms with E-state index in [1.807, 2.05) is 6.29 Å². The maximum Gasteiger partial charge on any atom is 0.240 e. The number of nitrogens with one attached hydrogen (secondary N) is 1. The van der Waals surface area contributed by atoms with Gasteiger partial charge in [0.2, 0.25) is 12.2 Å². The molecule has 0 aliphatic carbocycles. The number of amides is 1. The highest BCUT2D eigenvalue weighted by Gasteiger charge is 2.51. The second kappa shape index (κ2) is 13.1. The Morgan fingerprint density at radius 1 is 0.966 bits per heavy atom. The lowest BCUT2D eigenvalue weighted by molar-refractivity contribution is -0.141. The average Bonchev–Trinajstić information content (AvgIpc) is 3.42. The van der Waals surface area contributed by atoms with Gasteiger partial charge in [-0.2, -0.15) is 0 Å². The SMILES string of the molecule is CCCCCCCCCCCCCC(=O)[C@@]1([C]=O)CCCN1C(=O)[C@@H]1CCCN1. The molecule has 2 atom stereocenters. The summed E-state index contributed by atoms with van der Waals surface area (Å²) in [6.07, 6.45) is 18.8. The zero-order valence-corrected chi connectivity index (χ0v) is 18.5. The van der Waals surface area contributed by atoms with E-state index in [-0.39, 0.29) is 17.7 Å². The second-order valence-corrected chi connectivity index (χ2v) is 8.91. The van der Waals surface area contributed by atoms with E-state index >= 15 is 0 Å². The molecule has 29 heavy (non-hydrogen) atoms. The van der Waals surface area contributed by atoms with Gasteiger partial charge < -0.3 is 10.2 Å². The van der Waals surface area contributed by atoms with Crippen molar-refractivity contribution in [2.45, 2.75) is 121 Å². The number of ketones is 1. The maximum absolute atomic E-state index is 12.9. The van der Waals surface area contributed by atoms with Crippen LogP contribution in [-0.4, -0.2) is 47.5 Å². The standard InChI is InChI=1S/C24H41N2O3/c1-2-3-4-5-6-7-8-9-10-11-12-16-22(28)24(20-27)17-14-19-26(24)23(29)21-15-13-18-25-21/h21,25H,2-19H2,1H3/t21-,24-/m0/s1. The van der Waals surface area contributed by atoms with Crippen LogP contribution in [0, 0.1) is 0 Å². The molecule has 0 aromatic carbocycles. The first kappa shape index (κ1) is 24.0. The average molecular weight is 406 g/mol. The molecular weight excluding hydrogens is 364 g/mol. The summed E-state index contributed by atoms with van der Waals surface area (Å²) in [4.78, 5) is 39.1. The molecule has 1 N–H and O–H groups in total. The van der Waals surface area contributed by atoms with Crippen LogP contribution in [0.1, 0.15) is 110 Å². The van der Waals surface area contributed by atoms with Gasteiger partial charge in [-0.1, -0.05) is 71.1 Å². The van der Waals surface area contributed by atoms with E-state index in [9.17, 15) is 14.4 Å². The predicted octanol–water partition coefficient (Wildman–Crippen LogP) is 4.48. The quantitative estimate of drug-likeness (QED) is 0.322. The van der Waals surface area contributed by atoms with Crippen molar-refractivity contribution in [2.75, 3.05) is 13.1 Å². The molecule has 0 spiro atoms. The molecule has 1 amide bonds. The van der Waals surface area contributed by atoms with Crippen LogP contribution in [0.4, 0.5) is 0 Å². The number of unbranched alkanes of at least 4 members (excludes halogenated alkanes) is 10. The van der Waals surface area contributed by atoms with Crippen LogP contribution in [0.3, 0.4) is 0 Å². The predicted molar refractivity (Wildman–Crippen MR) is 116 cm³/mol. The monoisotopic (exact) mass is 405 g/mol. The third-order valence-electron chi connectivity index (χ3n) is 6.64. The molecular formula is C24H41N2O3. The lowest BCUT2D eigenvalue weighted by Crippen LogP contribution is -2.58. The first-order valence-corrected chi connectivity index (χ1v) is 12.1. The molecule has 165 valence electrons. The Kier molecular flexibility index (Phi) is 10.9. The van der Waals surface area contributed by atoms with E-state index in [4.69, 9.17) is 0 Å². The van der Waals surface area contributed by atoms with Gasteiger partial charge >= 0.3 is 0 Å². The van der Waals surface area contributed by atoms with Gasteiger partial charge in [-0.05, 0) is 38.6 Å². The van der Waals surface area contributed by atoms with E-state index in [0.717, 1.165) is 38.6 Å². The van der Waals surface area contributed by atoms with Gasteiger partial charge in [0, 0.05) is 13.0 Å². The largest absolute Gasteiger partial charge is 0.321 e. The zero-order chi connectivity index (χ0) is 21.0. The fourth-order valence-electron chi connectivity index (χ4n) is 4.81. The minimum atomic E-state index is -1.32. The van der Waals surface area contributed by atoms with Crippen molar-refractivity contribution < 1.29 is 14.4 Å². The van der Waals surface area contributed by atoms with Gasteiger partial charge in [-0.15, -0.1) is 0 Å². The lowest BCUT2D eigenvalue weighted by atomic mass is 9.88. The Bertz CT molecular complexity index is 516. The Morgan fingerprint density at radius 3 is 2.14 bits per heavy atom. The third-order valence-corrected chi connectivity index (χ3v) is 6.64. The smallest absolute Gasteiger partial charge is 0.240 e. The zero-order valence-electron chi connectivity index (χ0n) is 18.5. The number of Topliss-reactive ketones (excluding diaryl/α,β-unsaturated/α-hetero) is 1. The summed E-state index contributed by atoms with van der Waals surface area (Å²) < 4.78 is 0. The van der Waals surface area contributed by atoms with Crippen LogP contribution < -0.4 is 5.32 Å². The summed E-state index contributed by atoms with van der Waals surface area (Å²) in [6.45, 7) is 3.57. The first-order valence-electron chi connectivity index (χ1n) is 12.1. The molecule has 0 saturated carbocycles.